The Labute approximate surface area is 130 Å². The average Bonchev–Trinajstić information content (AvgIpc) is 2.38. The molecule has 2 aromatic carbocycles. The molecule has 0 saturated carbocycles. The molecule has 4 N–H and O–H groups in total. The van der Waals surface area contributed by atoms with Crippen LogP contribution in [-0.4, -0.2) is 16.8 Å². The first-order chi connectivity index (χ1) is 10.1. The minimum absolute atomic E-state index is 0.0894. The summed E-state index contributed by atoms with van der Waals surface area (Å²) >= 11 is 0. The summed E-state index contributed by atoms with van der Waals surface area (Å²) in [6.45, 7) is 1.71. The molecule has 0 amide bonds. The molecule has 0 unspecified atom stereocenters. The molecule has 120 valence electrons. The Morgan fingerprint density at radius 3 is 1.73 bits per heavy atom. The Kier molecular flexibility index (Phi) is 6.24. The van der Waals surface area contributed by atoms with E-state index in [0.29, 0.717) is 5.56 Å². The summed E-state index contributed by atoms with van der Waals surface area (Å²) in [5.74, 6) is -0.0894. The molecule has 0 radical (unpaired) electrons. The molecule has 22 heavy (non-hydrogen) atoms. The molecule has 0 saturated heterocycles. The Morgan fingerprint density at radius 1 is 0.818 bits per heavy atom. The third kappa shape index (κ3) is 6.81. The van der Waals surface area contributed by atoms with Crippen molar-refractivity contribution in [3.63, 3.8) is 0 Å². The Balaban J connectivity index is 0.000000220. The van der Waals surface area contributed by atoms with E-state index in [-0.39, 0.29) is 10.6 Å². The highest BCUT2D eigenvalue weighted by Crippen LogP contribution is 2.11. The van der Waals surface area contributed by atoms with Crippen LogP contribution in [0.5, 0.6) is 0 Å². The lowest BCUT2D eigenvalue weighted by Gasteiger charge is -2.00. The summed E-state index contributed by atoms with van der Waals surface area (Å²) in [7, 11) is -6.91. The van der Waals surface area contributed by atoms with Gasteiger partial charge in [0.1, 0.15) is 0 Å². The zero-order valence-electron chi connectivity index (χ0n) is 12.0. The summed E-state index contributed by atoms with van der Waals surface area (Å²) in [5.41, 5.74) is 1.39. The van der Waals surface area contributed by atoms with Crippen LogP contribution in [-0.2, 0) is 25.8 Å². The molecule has 0 aliphatic carbocycles. The van der Waals surface area contributed by atoms with Crippen molar-refractivity contribution < 1.29 is 16.8 Å². The van der Waals surface area contributed by atoms with Crippen LogP contribution in [0.1, 0.15) is 11.1 Å². The lowest BCUT2D eigenvalue weighted by molar-refractivity contribution is 0.595. The van der Waals surface area contributed by atoms with Gasteiger partial charge in [0.2, 0.25) is 20.0 Å². The van der Waals surface area contributed by atoms with Crippen molar-refractivity contribution in [1.82, 2.24) is 0 Å². The molecule has 0 bridgehead atoms. The molecular formula is C14H18N2O4S2. The molecule has 6 nitrogen and oxygen atoms in total. The monoisotopic (exact) mass is 342 g/mol. The van der Waals surface area contributed by atoms with Gasteiger partial charge in [-0.1, -0.05) is 48.5 Å². The molecule has 0 atom stereocenters. The van der Waals surface area contributed by atoms with Crippen molar-refractivity contribution in [2.24, 2.45) is 10.3 Å². The van der Waals surface area contributed by atoms with Crippen molar-refractivity contribution in [1.29, 1.82) is 0 Å². The highest BCUT2D eigenvalue weighted by molar-refractivity contribution is 7.89. The summed E-state index contributed by atoms with van der Waals surface area (Å²) in [6, 6.07) is 15.4. The van der Waals surface area contributed by atoms with E-state index < -0.39 is 20.0 Å². The van der Waals surface area contributed by atoms with E-state index >= 15 is 0 Å². The number of primary sulfonamides is 2. The van der Waals surface area contributed by atoms with Gasteiger partial charge in [0, 0.05) is 0 Å². The largest absolute Gasteiger partial charge is 0.238 e. The molecule has 2 aromatic rings. The van der Waals surface area contributed by atoms with E-state index in [1.807, 2.05) is 6.07 Å². The van der Waals surface area contributed by atoms with Gasteiger partial charge in [-0.05, 0) is 24.1 Å². The molecule has 0 fully saturated rings. The quantitative estimate of drug-likeness (QED) is 0.868. The van der Waals surface area contributed by atoms with E-state index in [9.17, 15) is 16.8 Å². The van der Waals surface area contributed by atoms with Gasteiger partial charge in [-0.3, -0.25) is 0 Å². The normalized spacial score (nSPS) is 11.4. The predicted molar refractivity (Wildman–Crippen MR) is 85.8 cm³/mol. The van der Waals surface area contributed by atoms with Crippen molar-refractivity contribution in [2.75, 3.05) is 0 Å². The first kappa shape index (κ1) is 18.3. The minimum atomic E-state index is -3.53. The third-order valence-electron chi connectivity index (χ3n) is 2.61. The molecular weight excluding hydrogens is 324 g/mol. The summed E-state index contributed by atoms with van der Waals surface area (Å²) < 4.78 is 42.8. The summed E-state index contributed by atoms with van der Waals surface area (Å²) in [6.07, 6.45) is 0. The van der Waals surface area contributed by atoms with E-state index in [4.69, 9.17) is 10.3 Å². The van der Waals surface area contributed by atoms with Gasteiger partial charge < -0.3 is 0 Å². The standard InChI is InChI=1S/2C7H9NO2S/c1-6-4-2-3-5-7(6)11(8,9)10;8-11(9,10)6-7-4-2-1-3-5-7/h2-5H,1H3,(H2,8,9,10);1-5H,6H2,(H2,8,9,10). The molecule has 2 rings (SSSR count). The second-order valence-electron chi connectivity index (χ2n) is 4.60. The van der Waals surface area contributed by atoms with Crippen LogP contribution in [0, 0.1) is 6.92 Å². The number of hydrogen-bond acceptors (Lipinski definition) is 4. The average molecular weight is 342 g/mol. The number of benzene rings is 2. The smallest absolute Gasteiger partial charge is 0.228 e. The summed E-state index contributed by atoms with van der Waals surface area (Å²) in [4.78, 5) is 0.194. The SMILES string of the molecule is Cc1ccccc1S(N)(=O)=O.NS(=O)(=O)Cc1ccccc1. The third-order valence-corrected chi connectivity index (χ3v) is 4.42. The molecule has 0 aliphatic rings. The van der Waals surface area contributed by atoms with Gasteiger partial charge in [-0.15, -0.1) is 0 Å². The Morgan fingerprint density at radius 2 is 1.32 bits per heavy atom. The van der Waals surface area contributed by atoms with Crippen molar-refractivity contribution >= 4 is 20.0 Å². The van der Waals surface area contributed by atoms with Crippen molar-refractivity contribution in [3.05, 3.63) is 65.7 Å². The van der Waals surface area contributed by atoms with E-state index in [1.165, 1.54) is 6.07 Å². The first-order valence-corrected chi connectivity index (χ1v) is 9.48. The van der Waals surface area contributed by atoms with Crippen molar-refractivity contribution in [2.45, 2.75) is 17.6 Å². The number of hydrogen-bond donors (Lipinski definition) is 2. The lowest BCUT2D eigenvalue weighted by atomic mass is 10.2. The zero-order valence-corrected chi connectivity index (χ0v) is 13.6. The molecule has 0 aromatic heterocycles. The van der Waals surface area contributed by atoms with Crippen LogP contribution in [0.3, 0.4) is 0 Å². The molecule has 0 heterocycles. The molecule has 0 aliphatic heterocycles. The predicted octanol–water partition coefficient (Wildman–Crippen LogP) is 1.12. The second-order valence-corrected chi connectivity index (χ2v) is 7.75. The number of aryl methyl sites for hydroxylation is 1. The maximum Gasteiger partial charge on any atom is 0.238 e. The van der Waals surface area contributed by atoms with Crippen molar-refractivity contribution in [3.8, 4) is 0 Å². The second kappa shape index (κ2) is 7.50. The van der Waals surface area contributed by atoms with Crippen LogP contribution >= 0.6 is 0 Å². The molecule has 8 heteroatoms. The van der Waals surface area contributed by atoms with Crippen LogP contribution in [0.25, 0.3) is 0 Å². The van der Waals surface area contributed by atoms with E-state index in [1.54, 1.807) is 49.4 Å². The van der Waals surface area contributed by atoms with Gasteiger partial charge in [-0.25, -0.2) is 27.1 Å². The van der Waals surface area contributed by atoms with Gasteiger partial charge in [0.25, 0.3) is 0 Å². The maximum atomic E-state index is 10.8. The van der Waals surface area contributed by atoms with Gasteiger partial charge in [0.15, 0.2) is 0 Å². The fourth-order valence-electron chi connectivity index (χ4n) is 1.68. The Hall–Kier alpha value is -1.74. The van der Waals surface area contributed by atoms with Crippen LogP contribution in [0.2, 0.25) is 0 Å². The fourth-order valence-corrected chi connectivity index (χ4v) is 3.12. The fraction of sp³-hybridized carbons (Fsp3) is 0.143. The minimum Gasteiger partial charge on any atom is -0.228 e. The lowest BCUT2D eigenvalue weighted by Crippen LogP contribution is -2.14. The highest BCUT2D eigenvalue weighted by Gasteiger charge is 2.08. The van der Waals surface area contributed by atoms with Crippen LogP contribution < -0.4 is 10.3 Å². The van der Waals surface area contributed by atoms with E-state index in [2.05, 4.69) is 0 Å². The van der Waals surface area contributed by atoms with Gasteiger partial charge in [-0.2, -0.15) is 0 Å². The number of nitrogens with two attached hydrogens (primary N) is 2. The Bertz CT molecular complexity index is 817. The molecule has 0 spiro atoms. The summed E-state index contributed by atoms with van der Waals surface area (Å²) in [5, 5.41) is 9.77. The zero-order chi connectivity index (χ0) is 16.8. The number of sulfonamides is 2. The number of rotatable bonds is 3. The van der Waals surface area contributed by atoms with E-state index in [0.717, 1.165) is 5.56 Å². The van der Waals surface area contributed by atoms with Gasteiger partial charge in [0.05, 0.1) is 10.6 Å². The first-order valence-electron chi connectivity index (χ1n) is 6.22. The topological polar surface area (TPSA) is 120 Å². The van der Waals surface area contributed by atoms with Gasteiger partial charge >= 0.3 is 0 Å². The maximum absolute atomic E-state index is 10.8. The van der Waals surface area contributed by atoms with Crippen LogP contribution in [0.4, 0.5) is 0 Å². The highest BCUT2D eigenvalue weighted by atomic mass is 32.2. The van der Waals surface area contributed by atoms with Crippen LogP contribution in [0.15, 0.2) is 59.5 Å².